The van der Waals surface area contributed by atoms with Gasteiger partial charge < -0.3 is 9.73 Å². The monoisotopic (exact) mass is 460 g/mol. The number of carbonyl (C=O) groups excluding carboxylic acids is 2. The summed E-state index contributed by atoms with van der Waals surface area (Å²) in [6.07, 6.45) is 8.21. The van der Waals surface area contributed by atoms with Crippen LogP contribution in [0.3, 0.4) is 0 Å². The summed E-state index contributed by atoms with van der Waals surface area (Å²) in [7, 11) is 0. The van der Waals surface area contributed by atoms with Crippen molar-refractivity contribution in [2.75, 3.05) is 4.90 Å². The maximum absolute atomic E-state index is 14.0. The Hall–Kier alpha value is -3.35. The molecule has 0 bridgehead atoms. The summed E-state index contributed by atoms with van der Waals surface area (Å²) in [5.74, 6) is 0.229. The number of hydrogen-bond acceptors (Lipinski definition) is 4. The van der Waals surface area contributed by atoms with Gasteiger partial charge in [-0.2, -0.15) is 5.10 Å². The predicted molar refractivity (Wildman–Crippen MR) is 131 cm³/mol. The number of nitrogens with zero attached hydrogens (tertiary/aromatic N) is 3. The molecule has 3 aromatic rings. The number of anilines is 1. The van der Waals surface area contributed by atoms with Gasteiger partial charge in [-0.25, -0.2) is 0 Å². The van der Waals surface area contributed by atoms with E-state index in [9.17, 15) is 9.59 Å². The maximum atomic E-state index is 14.0. The molecule has 34 heavy (non-hydrogen) atoms. The van der Waals surface area contributed by atoms with Gasteiger partial charge in [-0.3, -0.25) is 19.2 Å². The Morgan fingerprint density at radius 3 is 2.56 bits per heavy atom. The van der Waals surface area contributed by atoms with Crippen LogP contribution in [0.25, 0.3) is 11.5 Å². The number of carbonyl (C=O) groups is 2. The van der Waals surface area contributed by atoms with E-state index in [2.05, 4.69) is 10.4 Å². The molecule has 1 saturated carbocycles. The second-order valence-electron chi connectivity index (χ2n) is 9.92. The highest BCUT2D eigenvalue weighted by Crippen LogP contribution is 2.36. The van der Waals surface area contributed by atoms with Crippen LogP contribution in [0.1, 0.15) is 67.1 Å². The van der Waals surface area contributed by atoms with E-state index in [0.29, 0.717) is 17.1 Å². The molecule has 0 radical (unpaired) electrons. The van der Waals surface area contributed by atoms with Gasteiger partial charge in [0.15, 0.2) is 5.76 Å². The Bertz CT molecular complexity index is 1200. The van der Waals surface area contributed by atoms with Crippen molar-refractivity contribution < 1.29 is 14.0 Å². The van der Waals surface area contributed by atoms with Crippen LogP contribution in [0.4, 0.5) is 5.69 Å². The van der Waals surface area contributed by atoms with Crippen LogP contribution in [-0.2, 0) is 11.3 Å². The first-order chi connectivity index (χ1) is 16.4. The third kappa shape index (κ3) is 3.93. The van der Waals surface area contributed by atoms with Gasteiger partial charge in [0.05, 0.1) is 12.8 Å². The molecule has 178 valence electrons. The molecule has 0 saturated heterocycles. The summed E-state index contributed by atoms with van der Waals surface area (Å²) < 4.78 is 7.17. The third-order valence-electron chi connectivity index (χ3n) is 7.20. The fourth-order valence-corrected chi connectivity index (χ4v) is 5.32. The Balaban J connectivity index is 1.57. The largest absolute Gasteiger partial charge is 0.463 e. The van der Waals surface area contributed by atoms with Crippen molar-refractivity contribution in [1.29, 1.82) is 0 Å². The highest BCUT2D eigenvalue weighted by molar-refractivity contribution is 6.12. The summed E-state index contributed by atoms with van der Waals surface area (Å²) in [6.45, 7) is 6.13. The SMILES string of the molecule is Cc1ccc(N2C(=O)c3cc(-c4ccco4)nn3C[C@]2(C)C(=O)NC2CCCCCC2)c(C)c1. The van der Waals surface area contributed by atoms with E-state index in [4.69, 9.17) is 4.42 Å². The fraction of sp³-hybridized carbons (Fsp3) is 0.444. The van der Waals surface area contributed by atoms with Gasteiger partial charge in [0, 0.05) is 17.8 Å². The second-order valence-corrected chi connectivity index (χ2v) is 9.92. The van der Waals surface area contributed by atoms with Crippen LogP contribution in [0.15, 0.2) is 47.1 Å². The first-order valence-electron chi connectivity index (χ1n) is 12.2. The molecule has 1 N–H and O–H groups in total. The van der Waals surface area contributed by atoms with E-state index in [-0.39, 0.29) is 24.4 Å². The van der Waals surface area contributed by atoms with Crippen molar-refractivity contribution in [1.82, 2.24) is 15.1 Å². The number of amides is 2. The number of nitrogens with one attached hydrogen (secondary N) is 1. The molecule has 1 aliphatic carbocycles. The standard InChI is InChI=1S/C27H32N4O3/c1-18-12-13-22(19(2)15-18)31-25(32)23-16-21(24-11-8-14-34-24)29-30(23)17-27(31,3)26(33)28-20-9-6-4-5-7-10-20/h8,11-16,20H,4-7,9-10,17H2,1-3H3,(H,28,33)/t27-/m1/s1. The topological polar surface area (TPSA) is 80.4 Å². The van der Waals surface area contributed by atoms with Gasteiger partial charge in [-0.05, 0) is 57.4 Å². The lowest BCUT2D eigenvalue weighted by Crippen LogP contribution is -2.65. The van der Waals surface area contributed by atoms with Gasteiger partial charge in [0.25, 0.3) is 5.91 Å². The average Bonchev–Trinajstić information content (AvgIpc) is 3.41. The van der Waals surface area contributed by atoms with Crippen LogP contribution in [0.5, 0.6) is 0 Å². The van der Waals surface area contributed by atoms with Crippen molar-refractivity contribution >= 4 is 17.5 Å². The Morgan fingerprint density at radius 1 is 1.12 bits per heavy atom. The van der Waals surface area contributed by atoms with Gasteiger partial charge in [0.2, 0.25) is 5.91 Å². The highest BCUT2D eigenvalue weighted by Gasteiger charge is 2.49. The van der Waals surface area contributed by atoms with E-state index < -0.39 is 5.54 Å². The molecule has 0 spiro atoms. The Kier molecular flexibility index (Phi) is 5.80. The molecule has 3 heterocycles. The summed E-state index contributed by atoms with van der Waals surface area (Å²) in [6, 6.07) is 11.5. The molecule has 5 rings (SSSR count). The van der Waals surface area contributed by atoms with E-state index in [1.807, 2.05) is 45.0 Å². The number of furan rings is 1. The van der Waals surface area contributed by atoms with Crippen molar-refractivity contribution in [2.45, 2.75) is 77.4 Å². The quantitative estimate of drug-likeness (QED) is 0.555. The first-order valence-corrected chi connectivity index (χ1v) is 12.2. The minimum atomic E-state index is -1.12. The van der Waals surface area contributed by atoms with Crippen molar-refractivity contribution in [3.8, 4) is 11.5 Å². The predicted octanol–water partition coefficient (Wildman–Crippen LogP) is 5.02. The molecule has 2 aliphatic rings. The molecule has 7 heteroatoms. The molecule has 1 fully saturated rings. The van der Waals surface area contributed by atoms with Gasteiger partial charge in [-0.1, -0.05) is 43.4 Å². The molecule has 2 amide bonds. The lowest BCUT2D eigenvalue weighted by atomic mass is 9.92. The number of hydrogen-bond donors (Lipinski definition) is 1. The van der Waals surface area contributed by atoms with Crippen molar-refractivity contribution in [3.05, 3.63) is 59.5 Å². The number of aromatic nitrogens is 2. The molecule has 1 atom stereocenters. The third-order valence-corrected chi connectivity index (χ3v) is 7.20. The van der Waals surface area contributed by atoms with Crippen LogP contribution in [0, 0.1) is 13.8 Å². The van der Waals surface area contributed by atoms with E-state index >= 15 is 0 Å². The summed E-state index contributed by atoms with van der Waals surface area (Å²) in [5, 5.41) is 7.94. The van der Waals surface area contributed by atoms with Gasteiger partial charge >= 0.3 is 0 Å². The van der Waals surface area contributed by atoms with Crippen molar-refractivity contribution in [3.63, 3.8) is 0 Å². The molecular weight excluding hydrogens is 428 g/mol. The number of rotatable bonds is 4. The molecule has 0 unspecified atom stereocenters. The van der Waals surface area contributed by atoms with Crippen LogP contribution in [0.2, 0.25) is 0 Å². The number of benzene rings is 1. The first kappa shape index (κ1) is 22.4. The summed E-state index contributed by atoms with van der Waals surface area (Å²) >= 11 is 0. The van der Waals surface area contributed by atoms with Crippen LogP contribution >= 0.6 is 0 Å². The van der Waals surface area contributed by atoms with Crippen molar-refractivity contribution in [2.24, 2.45) is 0 Å². The van der Waals surface area contributed by atoms with Crippen LogP contribution in [-0.4, -0.2) is 33.2 Å². The fourth-order valence-electron chi connectivity index (χ4n) is 5.32. The molecule has 1 aromatic carbocycles. The zero-order chi connectivity index (χ0) is 23.9. The Labute approximate surface area is 200 Å². The lowest BCUT2D eigenvalue weighted by molar-refractivity contribution is -0.127. The smallest absolute Gasteiger partial charge is 0.277 e. The van der Waals surface area contributed by atoms with Gasteiger partial charge in [-0.15, -0.1) is 0 Å². The lowest BCUT2D eigenvalue weighted by Gasteiger charge is -2.44. The molecule has 1 aliphatic heterocycles. The maximum Gasteiger partial charge on any atom is 0.277 e. The van der Waals surface area contributed by atoms with Crippen LogP contribution < -0.4 is 10.2 Å². The molecule has 2 aromatic heterocycles. The minimum Gasteiger partial charge on any atom is -0.463 e. The summed E-state index contributed by atoms with van der Waals surface area (Å²) in [4.78, 5) is 29.5. The van der Waals surface area contributed by atoms with E-state index in [0.717, 1.165) is 42.5 Å². The molecular formula is C27H32N4O3. The van der Waals surface area contributed by atoms with E-state index in [1.165, 1.54) is 12.8 Å². The minimum absolute atomic E-state index is 0.131. The molecule has 7 nitrogen and oxygen atoms in total. The Morgan fingerprint density at radius 2 is 1.88 bits per heavy atom. The highest BCUT2D eigenvalue weighted by atomic mass is 16.3. The normalized spacial score (nSPS) is 21.3. The number of fused-ring (bicyclic) bond motifs is 1. The average molecular weight is 461 g/mol. The zero-order valence-electron chi connectivity index (χ0n) is 20.1. The van der Waals surface area contributed by atoms with E-state index in [1.54, 1.807) is 28.0 Å². The van der Waals surface area contributed by atoms with Gasteiger partial charge in [0.1, 0.15) is 16.9 Å². The second kappa shape index (κ2) is 8.78. The summed E-state index contributed by atoms with van der Waals surface area (Å²) in [5.41, 5.74) is 2.74. The zero-order valence-corrected chi connectivity index (χ0v) is 20.1. The number of aryl methyl sites for hydroxylation is 2.